The normalized spacial score (nSPS) is 9.20. The van der Waals surface area contributed by atoms with Gasteiger partial charge in [-0.15, -0.1) is 0 Å². The van der Waals surface area contributed by atoms with Crippen LogP contribution in [0.1, 0.15) is 5.56 Å². The van der Waals surface area contributed by atoms with Crippen LogP contribution in [-0.4, -0.2) is 11.1 Å². The van der Waals surface area contributed by atoms with Crippen LogP contribution in [0.15, 0.2) is 24.5 Å². The van der Waals surface area contributed by atoms with E-state index in [1.54, 1.807) is 24.5 Å². The summed E-state index contributed by atoms with van der Waals surface area (Å²) in [7, 11) is 0. The summed E-state index contributed by atoms with van der Waals surface area (Å²) >= 11 is 0. The molecule has 1 aromatic rings. The second kappa shape index (κ2) is 2.96. The molecule has 0 aliphatic heterocycles. The summed E-state index contributed by atoms with van der Waals surface area (Å²) in [6.07, 6.45) is 3.51. The highest BCUT2D eigenvalue weighted by Crippen LogP contribution is 1.94. The van der Waals surface area contributed by atoms with E-state index in [-0.39, 0.29) is 6.42 Å². The van der Waals surface area contributed by atoms with Gasteiger partial charge < -0.3 is 5.11 Å². The zero-order valence-electron chi connectivity index (χ0n) is 5.37. The molecular formula is C7H8NO2+. The van der Waals surface area contributed by atoms with E-state index in [0.29, 0.717) is 0 Å². The molecule has 0 atom stereocenters. The summed E-state index contributed by atoms with van der Waals surface area (Å²) in [4.78, 5) is 13.0. The van der Waals surface area contributed by atoms with E-state index in [0.717, 1.165) is 5.56 Å². The SMILES string of the molecule is O=C(O)Cc1cc[nH+]cc1. The number of aliphatic carboxylic acids is 1. The minimum absolute atomic E-state index is 0.0919. The van der Waals surface area contributed by atoms with E-state index in [9.17, 15) is 4.79 Å². The molecule has 0 spiro atoms. The molecule has 3 nitrogen and oxygen atoms in total. The van der Waals surface area contributed by atoms with Crippen molar-refractivity contribution >= 4 is 5.97 Å². The molecule has 0 bridgehead atoms. The maximum absolute atomic E-state index is 10.2. The van der Waals surface area contributed by atoms with Crippen molar-refractivity contribution in [2.75, 3.05) is 0 Å². The first-order valence-corrected chi connectivity index (χ1v) is 2.96. The molecular weight excluding hydrogens is 130 g/mol. The Morgan fingerprint density at radius 3 is 2.60 bits per heavy atom. The molecule has 0 amide bonds. The Balaban J connectivity index is 2.67. The molecule has 0 saturated heterocycles. The number of carboxylic acids is 1. The number of pyridine rings is 1. The van der Waals surface area contributed by atoms with E-state index >= 15 is 0 Å². The zero-order valence-corrected chi connectivity index (χ0v) is 5.37. The largest absolute Gasteiger partial charge is 0.481 e. The van der Waals surface area contributed by atoms with Crippen molar-refractivity contribution in [1.29, 1.82) is 0 Å². The standard InChI is InChI=1S/C7H7NO2/c9-7(10)5-6-1-3-8-4-2-6/h1-4H,5H2,(H,9,10)/p+1. The number of aromatic nitrogens is 1. The molecule has 0 fully saturated rings. The molecule has 0 unspecified atom stereocenters. The molecule has 1 heterocycles. The van der Waals surface area contributed by atoms with E-state index in [4.69, 9.17) is 5.11 Å². The van der Waals surface area contributed by atoms with Crippen LogP contribution in [-0.2, 0) is 11.2 Å². The Labute approximate surface area is 58.3 Å². The van der Waals surface area contributed by atoms with Gasteiger partial charge in [-0.2, -0.15) is 0 Å². The lowest BCUT2D eigenvalue weighted by Crippen LogP contribution is -2.03. The van der Waals surface area contributed by atoms with Crippen molar-refractivity contribution < 1.29 is 14.9 Å². The highest BCUT2D eigenvalue weighted by molar-refractivity contribution is 5.69. The molecule has 2 N–H and O–H groups in total. The van der Waals surface area contributed by atoms with Crippen LogP contribution in [0.3, 0.4) is 0 Å². The number of hydrogen-bond acceptors (Lipinski definition) is 1. The lowest BCUT2D eigenvalue weighted by Gasteiger charge is -1.89. The third-order valence-electron chi connectivity index (χ3n) is 1.14. The number of carbonyl (C=O) groups is 1. The highest BCUT2D eigenvalue weighted by atomic mass is 16.4. The van der Waals surface area contributed by atoms with Gasteiger partial charge in [0, 0.05) is 12.1 Å². The first-order valence-electron chi connectivity index (χ1n) is 2.96. The predicted octanol–water partition coefficient (Wildman–Crippen LogP) is 0.128. The van der Waals surface area contributed by atoms with Crippen LogP contribution < -0.4 is 4.98 Å². The summed E-state index contributed by atoms with van der Waals surface area (Å²) < 4.78 is 0. The third-order valence-corrected chi connectivity index (χ3v) is 1.14. The first kappa shape index (κ1) is 6.74. The molecule has 0 radical (unpaired) electrons. The number of hydrogen-bond donors (Lipinski definition) is 1. The fraction of sp³-hybridized carbons (Fsp3) is 0.143. The molecule has 1 aromatic heterocycles. The van der Waals surface area contributed by atoms with E-state index < -0.39 is 5.97 Å². The Morgan fingerprint density at radius 2 is 2.10 bits per heavy atom. The van der Waals surface area contributed by atoms with Gasteiger partial charge in [-0.25, -0.2) is 4.98 Å². The van der Waals surface area contributed by atoms with Gasteiger partial charge in [0.15, 0.2) is 12.4 Å². The minimum Gasteiger partial charge on any atom is -0.481 e. The van der Waals surface area contributed by atoms with Crippen LogP contribution in [0.25, 0.3) is 0 Å². The average molecular weight is 138 g/mol. The molecule has 52 valence electrons. The molecule has 1 rings (SSSR count). The fourth-order valence-electron chi connectivity index (χ4n) is 0.714. The van der Waals surface area contributed by atoms with Crippen molar-refractivity contribution in [2.24, 2.45) is 0 Å². The quantitative estimate of drug-likeness (QED) is 0.631. The smallest absolute Gasteiger partial charge is 0.307 e. The highest BCUT2D eigenvalue weighted by Gasteiger charge is 1.98. The van der Waals surface area contributed by atoms with Crippen LogP contribution in [0.2, 0.25) is 0 Å². The number of carboxylic acid groups (broad SMARTS) is 1. The second-order valence-corrected chi connectivity index (χ2v) is 1.98. The number of aromatic amines is 1. The summed E-state index contributed by atoms with van der Waals surface area (Å²) in [6, 6.07) is 3.49. The third kappa shape index (κ3) is 1.85. The molecule has 10 heavy (non-hydrogen) atoms. The van der Waals surface area contributed by atoms with Gasteiger partial charge in [0.1, 0.15) is 0 Å². The zero-order chi connectivity index (χ0) is 7.40. The van der Waals surface area contributed by atoms with E-state index in [1.165, 1.54) is 0 Å². The van der Waals surface area contributed by atoms with Crippen LogP contribution >= 0.6 is 0 Å². The maximum Gasteiger partial charge on any atom is 0.307 e. The van der Waals surface area contributed by atoms with Crippen molar-refractivity contribution in [1.82, 2.24) is 0 Å². The monoisotopic (exact) mass is 138 g/mol. The number of H-pyrrole nitrogens is 1. The van der Waals surface area contributed by atoms with Crippen molar-refractivity contribution in [2.45, 2.75) is 6.42 Å². The van der Waals surface area contributed by atoms with Crippen LogP contribution in [0.5, 0.6) is 0 Å². The van der Waals surface area contributed by atoms with Gasteiger partial charge in [0.05, 0.1) is 6.42 Å². The summed E-state index contributed by atoms with van der Waals surface area (Å²) in [5.41, 5.74) is 0.811. The summed E-state index contributed by atoms with van der Waals surface area (Å²) in [5, 5.41) is 8.36. The fourth-order valence-corrected chi connectivity index (χ4v) is 0.714. The number of nitrogens with one attached hydrogen (secondary N) is 1. The summed E-state index contributed by atoms with van der Waals surface area (Å²) in [5.74, 6) is -0.800. The Bertz CT molecular complexity index is 220. The van der Waals surface area contributed by atoms with E-state index in [1.807, 2.05) is 0 Å². The molecule has 0 aliphatic rings. The van der Waals surface area contributed by atoms with Gasteiger partial charge in [-0.3, -0.25) is 4.79 Å². The van der Waals surface area contributed by atoms with Gasteiger partial charge in [0.25, 0.3) is 0 Å². The van der Waals surface area contributed by atoms with Crippen molar-refractivity contribution in [3.05, 3.63) is 30.1 Å². The molecule has 0 aliphatic carbocycles. The second-order valence-electron chi connectivity index (χ2n) is 1.98. The predicted molar refractivity (Wildman–Crippen MR) is 34.3 cm³/mol. The van der Waals surface area contributed by atoms with Gasteiger partial charge in [0.2, 0.25) is 0 Å². The Hall–Kier alpha value is -1.38. The molecule has 0 saturated carbocycles. The first-order chi connectivity index (χ1) is 4.79. The number of rotatable bonds is 2. The van der Waals surface area contributed by atoms with Gasteiger partial charge in [-0.1, -0.05) is 0 Å². The van der Waals surface area contributed by atoms with Gasteiger partial charge in [-0.05, 0) is 5.56 Å². The minimum atomic E-state index is -0.800. The molecule has 3 heteroatoms. The lowest BCUT2D eigenvalue weighted by molar-refractivity contribution is -0.378. The van der Waals surface area contributed by atoms with E-state index in [2.05, 4.69) is 4.98 Å². The topological polar surface area (TPSA) is 51.4 Å². The maximum atomic E-state index is 10.2. The van der Waals surface area contributed by atoms with Crippen LogP contribution in [0, 0.1) is 0 Å². The Kier molecular flexibility index (Phi) is 1.99. The van der Waals surface area contributed by atoms with Crippen molar-refractivity contribution in [3.63, 3.8) is 0 Å². The Morgan fingerprint density at radius 1 is 1.50 bits per heavy atom. The van der Waals surface area contributed by atoms with Crippen molar-refractivity contribution in [3.8, 4) is 0 Å². The van der Waals surface area contributed by atoms with Gasteiger partial charge >= 0.3 is 5.97 Å². The lowest BCUT2D eigenvalue weighted by atomic mass is 10.2. The van der Waals surface area contributed by atoms with Crippen LogP contribution in [0.4, 0.5) is 0 Å². The summed E-state index contributed by atoms with van der Waals surface area (Å²) in [6.45, 7) is 0. The average Bonchev–Trinajstić information content (AvgIpc) is 1.88. The molecule has 0 aromatic carbocycles.